The summed E-state index contributed by atoms with van der Waals surface area (Å²) in [7, 11) is 0. The Hall–Kier alpha value is -0.890. The molecule has 0 amide bonds. The summed E-state index contributed by atoms with van der Waals surface area (Å²) < 4.78 is 148. The van der Waals surface area contributed by atoms with E-state index in [2.05, 4.69) is 5.32 Å². The molecule has 0 atom stereocenters. The Bertz CT molecular complexity index is 505. The number of nitrogens with one attached hydrogen (secondary N) is 1. The van der Waals surface area contributed by atoms with E-state index in [1.807, 2.05) is 4.90 Å². The van der Waals surface area contributed by atoms with Gasteiger partial charge in [-0.25, -0.2) is 8.78 Å². The Morgan fingerprint density at radius 3 is 1.76 bits per heavy atom. The number of hydrogen-bond donors (Lipinski definition) is 1. The standard InChI is InChI=1S/C15H21F11N2O/c16-11(17,10-27-3-4-28-5-7-29-8-6-28)9-14(22,23)12(18,19)1-2-13(20,21)15(24,25)26/h27H,1-10H2. The monoisotopic (exact) mass is 454 g/mol. The molecule has 0 aromatic carbocycles. The van der Waals surface area contributed by atoms with E-state index in [-0.39, 0.29) is 13.1 Å². The average Bonchev–Trinajstić information content (AvgIpc) is 2.56. The molecule has 1 rings (SSSR count). The van der Waals surface area contributed by atoms with Crippen LogP contribution in [0.2, 0.25) is 0 Å². The normalized spacial score (nSPS) is 18.3. The third kappa shape index (κ3) is 8.04. The van der Waals surface area contributed by atoms with E-state index in [1.165, 1.54) is 0 Å². The molecule has 29 heavy (non-hydrogen) atoms. The number of hydrogen-bond acceptors (Lipinski definition) is 3. The van der Waals surface area contributed by atoms with Gasteiger partial charge in [-0.1, -0.05) is 0 Å². The smallest absolute Gasteiger partial charge is 0.379 e. The van der Waals surface area contributed by atoms with Gasteiger partial charge in [0.05, 0.1) is 26.2 Å². The van der Waals surface area contributed by atoms with Crippen molar-refractivity contribution in [2.24, 2.45) is 0 Å². The van der Waals surface area contributed by atoms with Crippen LogP contribution in [0.1, 0.15) is 19.3 Å². The first kappa shape index (κ1) is 26.1. The van der Waals surface area contributed by atoms with Crippen LogP contribution < -0.4 is 5.32 Å². The molecule has 0 unspecified atom stereocenters. The Morgan fingerprint density at radius 2 is 1.24 bits per heavy atom. The van der Waals surface area contributed by atoms with E-state index in [9.17, 15) is 48.3 Å². The molecule has 0 saturated carbocycles. The topological polar surface area (TPSA) is 24.5 Å². The first-order valence-corrected chi connectivity index (χ1v) is 8.58. The molecule has 0 aromatic rings. The quantitative estimate of drug-likeness (QED) is 0.375. The summed E-state index contributed by atoms with van der Waals surface area (Å²) in [5.41, 5.74) is 0. The van der Waals surface area contributed by atoms with Crippen LogP contribution in [0, 0.1) is 0 Å². The molecule has 1 heterocycles. The number of halogens is 11. The Labute approximate surface area is 159 Å². The van der Waals surface area contributed by atoms with E-state index >= 15 is 0 Å². The van der Waals surface area contributed by atoms with Gasteiger partial charge in [0.2, 0.25) is 0 Å². The molecule has 14 heteroatoms. The summed E-state index contributed by atoms with van der Waals surface area (Å²) in [5, 5.41) is 2.14. The highest BCUT2D eigenvalue weighted by Gasteiger charge is 2.63. The Balaban J connectivity index is 2.53. The SMILES string of the molecule is FC(F)(CNCCN1CCOCC1)CC(F)(F)C(F)(F)CCC(F)(F)C(F)(F)F. The summed E-state index contributed by atoms with van der Waals surface area (Å²) in [6.45, 7) is 0.765. The average molecular weight is 454 g/mol. The third-order valence-electron chi connectivity index (χ3n) is 4.28. The predicted octanol–water partition coefficient (Wildman–Crippen LogP) is 4.18. The second-order valence-corrected chi connectivity index (χ2v) is 6.77. The van der Waals surface area contributed by atoms with Crippen molar-refractivity contribution >= 4 is 0 Å². The van der Waals surface area contributed by atoms with Crippen molar-refractivity contribution in [1.29, 1.82) is 0 Å². The van der Waals surface area contributed by atoms with Crippen LogP contribution in [0.25, 0.3) is 0 Å². The maximum Gasteiger partial charge on any atom is 0.453 e. The van der Waals surface area contributed by atoms with Gasteiger partial charge in [-0.05, 0) is 0 Å². The summed E-state index contributed by atoms with van der Waals surface area (Å²) >= 11 is 0. The molecule has 174 valence electrons. The Kier molecular flexibility index (Phi) is 8.56. The van der Waals surface area contributed by atoms with Gasteiger partial charge < -0.3 is 10.1 Å². The molecule has 0 radical (unpaired) electrons. The van der Waals surface area contributed by atoms with Crippen molar-refractivity contribution in [3.63, 3.8) is 0 Å². The lowest BCUT2D eigenvalue weighted by molar-refractivity contribution is -0.296. The first-order valence-electron chi connectivity index (χ1n) is 8.58. The zero-order chi connectivity index (χ0) is 22.6. The van der Waals surface area contributed by atoms with Crippen molar-refractivity contribution < 1.29 is 53.0 Å². The fourth-order valence-corrected chi connectivity index (χ4v) is 2.49. The van der Waals surface area contributed by atoms with E-state index in [1.54, 1.807) is 0 Å². The van der Waals surface area contributed by atoms with E-state index in [0.717, 1.165) is 0 Å². The highest BCUT2D eigenvalue weighted by molar-refractivity contribution is 4.92. The highest BCUT2D eigenvalue weighted by atomic mass is 19.4. The van der Waals surface area contributed by atoms with E-state index in [0.29, 0.717) is 26.3 Å². The minimum atomic E-state index is -6.22. The maximum atomic E-state index is 13.6. The molecular formula is C15H21F11N2O. The number of alkyl halides is 11. The van der Waals surface area contributed by atoms with E-state index < -0.39 is 55.7 Å². The molecule has 1 fully saturated rings. The third-order valence-corrected chi connectivity index (χ3v) is 4.28. The highest BCUT2D eigenvalue weighted by Crippen LogP contribution is 2.47. The van der Waals surface area contributed by atoms with Crippen LogP contribution in [0.3, 0.4) is 0 Å². The van der Waals surface area contributed by atoms with Gasteiger partial charge in [0.15, 0.2) is 0 Å². The van der Waals surface area contributed by atoms with Crippen LogP contribution >= 0.6 is 0 Å². The molecular weight excluding hydrogens is 433 g/mol. The summed E-state index contributed by atoms with van der Waals surface area (Å²) in [6.07, 6.45) is -14.2. The molecule has 0 bridgehead atoms. The summed E-state index contributed by atoms with van der Waals surface area (Å²) in [4.78, 5) is 1.83. The molecule has 0 aliphatic carbocycles. The van der Waals surface area contributed by atoms with Crippen LogP contribution in [-0.4, -0.2) is 80.7 Å². The largest absolute Gasteiger partial charge is 0.453 e. The molecule has 1 aliphatic rings. The number of morpholine rings is 1. The minimum Gasteiger partial charge on any atom is -0.379 e. The second-order valence-electron chi connectivity index (χ2n) is 6.77. The van der Waals surface area contributed by atoms with Crippen molar-refractivity contribution in [3.05, 3.63) is 0 Å². The molecule has 1 saturated heterocycles. The molecule has 0 aromatic heterocycles. The van der Waals surface area contributed by atoms with Gasteiger partial charge in [-0.15, -0.1) is 0 Å². The van der Waals surface area contributed by atoms with Crippen molar-refractivity contribution in [1.82, 2.24) is 10.2 Å². The zero-order valence-electron chi connectivity index (χ0n) is 15.1. The molecule has 1 aliphatic heterocycles. The van der Waals surface area contributed by atoms with Crippen LogP contribution in [0.15, 0.2) is 0 Å². The number of ether oxygens (including phenoxy) is 1. The lowest BCUT2D eigenvalue weighted by atomic mass is 9.97. The fourth-order valence-electron chi connectivity index (χ4n) is 2.49. The number of rotatable bonds is 11. The summed E-state index contributed by atoms with van der Waals surface area (Å²) in [5.74, 6) is -20.9. The van der Waals surface area contributed by atoms with Crippen molar-refractivity contribution in [2.75, 3.05) is 45.9 Å². The molecule has 3 nitrogen and oxygen atoms in total. The Morgan fingerprint density at radius 1 is 0.724 bits per heavy atom. The molecule has 1 N–H and O–H groups in total. The number of nitrogens with zero attached hydrogens (tertiary/aromatic N) is 1. The van der Waals surface area contributed by atoms with Crippen LogP contribution in [0.4, 0.5) is 48.3 Å². The van der Waals surface area contributed by atoms with Gasteiger partial charge >= 0.3 is 23.9 Å². The maximum absolute atomic E-state index is 13.6. The first-order chi connectivity index (χ1) is 13.0. The van der Waals surface area contributed by atoms with Gasteiger partial charge in [0.25, 0.3) is 5.92 Å². The zero-order valence-corrected chi connectivity index (χ0v) is 15.1. The van der Waals surface area contributed by atoms with Crippen LogP contribution in [0.5, 0.6) is 0 Å². The van der Waals surface area contributed by atoms with Crippen molar-refractivity contribution in [2.45, 2.75) is 49.1 Å². The van der Waals surface area contributed by atoms with Gasteiger partial charge in [-0.2, -0.15) is 39.5 Å². The van der Waals surface area contributed by atoms with Crippen molar-refractivity contribution in [3.8, 4) is 0 Å². The lowest BCUT2D eigenvalue weighted by Gasteiger charge is -2.31. The summed E-state index contributed by atoms with van der Waals surface area (Å²) in [6, 6.07) is 0. The lowest BCUT2D eigenvalue weighted by Crippen LogP contribution is -2.49. The predicted molar refractivity (Wildman–Crippen MR) is 79.8 cm³/mol. The van der Waals surface area contributed by atoms with Crippen LogP contribution in [-0.2, 0) is 4.74 Å². The molecule has 0 spiro atoms. The van der Waals surface area contributed by atoms with Gasteiger partial charge in [0, 0.05) is 39.0 Å². The van der Waals surface area contributed by atoms with E-state index in [4.69, 9.17) is 4.74 Å². The fraction of sp³-hybridized carbons (Fsp3) is 1.00. The van der Waals surface area contributed by atoms with Gasteiger partial charge in [-0.3, -0.25) is 4.90 Å². The second kappa shape index (κ2) is 9.50. The van der Waals surface area contributed by atoms with Gasteiger partial charge in [0.1, 0.15) is 0 Å². The minimum absolute atomic E-state index is 0.0602.